The van der Waals surface area contributed by atoms with Crippen LogP contribution in [0.4, 0.5) is 5.69 Å². The van der Waals surface area contributed by atoms with Crippen molar-refractivity contribution in [1.82, 2.24) is 15.3 Å². The number of aromatic amines is 1. The molecule has 0 radical (unpaired) electrons. The molecule has 1 amide bonds. The van der Waals surface area contributed by atoms with Crippen LogP contribution < -0.4 is 10.6 Å². The highest BCUT2D eigenvalue weighted by molar-refractivity contribution is 6.04. The van der Waals surface area contributed by atoms with E-state index in [1.54, 1.807) is 6.33 Å². The normalized spacial score (nSPS) is 16.2. The van der Waals surface area contributed by atoms with E-state index in [0.717, 1.165) is 35.5 Å². The highest BCUT2D eigenvalue weighted by Crippen LogP contribution is 2.41. The molecule has 33 heavy (non-hydrogen) atoms. The molecule has 0 saturated heterocycles. The predicted octanol–water partition coefficient (Wildman–Crippen LogP) is 5.82. The van der Waals surface area contributed by atoms with Crippen LogP contribution in [0.15, 0.2) is 91.4 Å². The fourth-order valence-corrected chi connectivity index (χ4v) is 3.87. The van der Waals surface area contributed by atoms with Gasteiger partial charge in [0.25, 0.3) is 5.91 Å². The van der Waals surface area contributed by atoms with Crippen LogP contribution in [0.5, 0.6) is 0 Å². The summed E-state index contributed by atoms with van der Waals surface area (Å²) in [5.74, 6) is 0.427. The zero-order chi connectivity index (χ0) is 21.0. The maximum Gasteiger partial charge on any atom is 0.255 e. The van der Waals surface area contributed by atoms with E-state index < -0.39 is 0 Å². The number of hydrogen-bond acceptors (Lipinski definition) is 3. The molecule has 0 bridgehead atoms. The van der Waals surface area contributed by atoms with E-state index in [0.29, 0.717) is 17.5 Å². The number of nitrogens with zero attached hydrogens (tertiary/aromatic N) is 1. The van der Waals surface area contributed by atoms with E-state index >= 15 is 0 Å². The second kappa shape index (κ2) is 11.1. The van der Waals surface area contributed by atoms with E-state index in [-0.39, 0.29) is 30.7 Å². The van der Waals surface area contributed by atoms with Crippen molar-refractivity contribution in [3.63, 3.8) is 0 Å². The van der Waals surface area contributed by atoms with Crippen LogP contribution in [0.3, 0.4) is 0 Å². The summed E-state index contributed by atoms with van der Waals surface area (Å²) in [4.78, 5) is 19.8. The monoisotopic (exact) mass is 480 g/mol. The lowest BCUT2D eigenvalue weighted by Gasteiger charge is -2.08. The number of carbonyl (C=O) groups excluding carboxylic acids is 1. The summed E-state index contributed by atoms with van der Waals surface area (Å²) in [7, 11) is 0. The summed E-state index contributed by atoms with van der Waals surface area (Å²) >= 11 is 0. The molecule has 4 aromatic rings. The second-order valence-corrected chi connectivity index (χ2v) is 7.93. The van der Waals surface area contributed by atoms with Crippen molar-refractivity contribution in [2.45, 2.75) is 24.9 Å². The quantitative estimate of drug-likeness (QED) is 0.312. The molecule has 5 rings (SSSR count). The van der Waals surface area contributed by atoms with Gasteiger partial charge in [0.1, 0.15) is 0 Å². The van der Waals surface area contributed by atoms with Gasteiger partial charge in [-0.05, 0) is 47.4 Å². The molecular weight excluding hydrogens is 455 g/mol. The van der Waals surface area contributed by atoms with Crippen molar-refractivity contribution in [1.29, 1.82) is 0 Å². The number of rotatable bonds is 7. The van der Waals surface area contributed by atoms with Gasteiger partial charge in [0.15, 0.2) is 0 Å². The average Bonchev–Trinajstić information content (AvgIpc) is 3.41. The zero-order valence-electron chi connectivity index (χ0n) is 17.9. The van der Waals surface area contributed by atoms with E-state index in [1.165, 1.54) is 5.56 Å². The molecule has 5 nitrogen and oxygen atoms in total. The van der Waals surface area contributed by atoms with Crippen molar-refractivity contribution in [3.05, 3.63) is 108 Å². The third-order valence-corrected chi connectivity index (χ3v) is 5.75. The van der Waals surface area contributed by atoms with Crippen molar-refractivity contribution >= 4 is 36.4 Å². The fraction of sp³-hybridized carbons (Fsp3) is 0.154. The van der Waals surface area contributed by atoms with Gasteiger partial charge in [0, 0.05) is 41.6 Å². The van der Waals surface area contributed by atoms with Crippen LogP contribution in [0, 0.1) is 0 Å². The van der Waals surface area contributed by atoms with Gasteiger partial charge >= 0.3 is 0 Å². The molecule has 3 aromatic carbocycles. The molecular formula is C26H26Cl2N4O. The minimum absolute atomic E-state index is 0. The largest absolute Gasteiger partial charge is 0.347 e. The number of carbonyl (C=O) groups is 1. The molecule has 1 heterocycles. The van der Waals surface area contributed by atoms with Gasteiger partial charge in [-0.1, -0.05) is 54.6 Å². The maximum absolute atomic E-state index is 12.6. The third-order valence-electron chi connectivity index (χ3n) is 5.75. The van der Waals surface area contributed by atoms with Gasteiger partial charge in [-0.15, -0.1) is 24.8 Å². The Balaban J connectivity index is 0.00000153. The molecule has 0 spiro atoms. The molecule has 1 fully saturated rings. The molecule has 1 aromatic heterocycles. The van der Waals surface area contributed by atoms with Crippen LogP contribution in [0.1, 0.15) is 34.0 Å². The van der Waals surface area contributed by atoms with Crippen LogP contribution in [0.2, 0.25) is 0 Å². The Bertz CT molecular complexity index is 1150. The lowest BCUT2D eigenvalue weighted by atomic mass is 10.0. The highest BCUT2D eigenvalue weighted by atomic mass is 35.5. The smallest absolute Gasteiger partial charge is 0.255 e. The molecule has 2 atom stereocenters. The highest BCUT2D eigenvalue weighted by Gasteiger charge is 2.37. The number of aromatic nitrogens is 2. The summed E-state index contributed by atoms with van der Waals surface area (Å²) in [6.07, 6.45) is 4.68. The van der Waals surface area contributed by atoms with Crippen molar-refractivity contribution in [2.24, 2.45) is 0 Å². The molecule has 170 valence electrons. The van der Waals surface area contributed by atoms with Crippen LogP contribution in [0.25, 0.3) is 11.1 Å². The van der Waals surface area contributed by atoms with Gasteiger partial charge in [-0.3, -0.25) is 4.79 Å². The average molecular weight is 481 g/mol. The van der Waals surface area contributed by atoms with E-state index in [9.17, 15) is 4.79 Å². The summed E-state index contributed by atoms with van der Waals surface area (Å²) in [6, 6.07) is 26.5. The fourth-order valence-electron chi connectivity index (χ4n) is 3.87. The Hall–Kier alpha value is -3.12. The Morgan fingerprint density at radius 3 is 2.27 bits per heavy atom. The van der Waals surface area contributed by atoms with Crippen LogP contribution >= 0.6 is 24.8 Å². The topological polar surface area (TPSA) is 69.8 Å². The predicted molar refractivity (Wildman–Crippen MR) is 137 cm³/mol. The van der Waals surface area contributed by atoms with Gasteiger partial charge in [0.05, 0.1) is 6.33 Å². The van der Waals surface area contributed by atoms with E-state index in [4.69, 9.17) is 0 Å². The molecule has 3 N–H and O–H groups in total. The first-order chi connectivity index (χ1) is 15.3. The number of hydrogen-bond donors (Lipinski definition) is 3. The molecule has 1 saturated carbocycles. The Morgan fingerprint density at radius 2 is 1.61 bits per heavy atom. The number of H-pyrrole nitrogens is 1. The van der Waals surface area contributed by atoms with Gasteiger partial charge in [0.2, 0.25) is 0 Å². The molecule has 7 heteroatoms. The molecule has 1 aliphatic carbocycles. The third kappa shape index (κ3) is 6.02. The Kier molecular flexibility index (Phi) is 8.28. The van der Waals surface area contributed by atoms with Crippen molar-refractivity contribution in [3.8, 4) is 11.1 Å². The number of imidazole rings is 1. The van der Waals surface area contributed by atoms with Crippen molar-refractivity contribution < 1.29 is 4.79 Å². The van der Waals surface area contributed by atoms with E-state index in [2.05, 4.69) is 44.9 Å². The van der Waals surface area contributed by atoms with E-state index in [1.807, 2.05) is 60.8 Å². The second-order valence-electron chi connectivity index (χ2n) is 7.93. The summed E-state index contributed by atoms with van der Waals surface area (Å²) in [6.45, 7) is 0.804. The molecule has 2 unspecified atom stereocenters. The summed E-state index contributed by atoms with van der Waals surface area (Å²) < 4.78 is 0. The summed E-state index contributed by atoms with van der Waals surface area (Å²) in [5, 5.41) is 6.54. The first kappa shape index (κ1) is 24.5. The lowest BCUT2D eigenvalue weighted by molar-refractivity contribution is 0.102. The maximum atomic E-state index is 12.6. The Morgan fingerprint density at radius 1 is 0.909 bits per heavy atom. The number of benzene rings is 3. The molecule has 1 aliphatic rings. The number of anilines is 1. The number of nitrogens with one attached hydrogen (secondary N) is 3. The standard InChI is InChI=1S/C26H24N4O.2ClH/c31-26(21-8-6-19(7-9-21)18-4-2-1-3-5-18)30-22-12-10-20(11-13-22)24-14-25(24)28-16-23-15-27-17-29-23;;/h1-13,15,17,24-25,28H,14,16H2,(H,27,29)(H,30,31);2*1H. The SMILES string of the molecule is Cl.Cl.O=C(Nc1ccc(C2CC2NCc2cnc[nH]2)cc1)c1ccc(-c2ccccc2)cc1. The number of amides is 1. The first-order valence-corrected chi connectivity index (χ1v) is 10.5. The van der Waals surface area contributed by atoms with Gasteiger partial charge in [-0.2, -0.15) is 0 Å². The minimum Gasteiger partial charge on any atom is -0.347 e. The van der Waals surface area contributed by atoms with Crippen LogP contribution in [-0.4, -0.2) is 21.9 Å². The van der Waals surface area contributed by atoms with Gasteiger partial charge < -0.3 is 15.6 Å². The van der Waals surface area contributed by atoms with Gasteiger partial charge in [-0.25, -0.2) is 4.98 Å². The number of halogens is 2. The lowest BCUT2D eigenvalue weighted by Crippen LogP contribution is -2.17. The van der Waals surface area contributed by atoms with Crippen molar-refractivity contribution in [2.75, 3.05) is 5.32 Å². The zero-order valence-corrected chi connectivity index (χ0v) is 19.5. The Labute approximate surface area is 205 Å². The first-order valence-electron chi connectivity index (χ1n) is 10.5. The molecule has 0 aliphatic heterocycles. The van der Waals surface area contributed by atoms with Crippen LogP contribution in [-0.2, 0) is 6.54 Å². The minimum atomic E-state index is -0.0992. The summed E-state index contributed by atoms with van der Waals surface area (Å²) in [5.41, 5.74) is 6.09.